The average molecular weight is 178 g/mol. The van der Waals surface area contributed by atoms with Crippen molar-refractivity contribution in [2.24, 2.45) is 0 Å². The topological polar surface area (TPSA) is 51.2 Å². The number of ether oxygens (including phenoxy) is 1. The fourth-order valence-corrected chi connectivity index (χ4v) is 1.28. The summed E-state index contributed by atoms with van der Waals surface area (Å²) in [5, 5.41) is 2.75. The molecular formula is C9H10N2O2. The molecule has 1 aromatic rings. The minimum atomic E-state index is -0.0506. The van der Waals surface area contributed by atoms with Gasteiger partial charge in [0.25, 0.3) is 0 Å². The van der Waals surface area contributed by atoms with Crippen molar-refractivity contribution in [3.8, 4) is 0 Å². The highest BCUT2D eigenvalue weighted by molar-refractivity contribution is 5.77. The molecule has 68 valence electrons. The Bertz CT molecular complexity index is 290. The zero-order chi connectivity index (χ0) is 9.10. The van der Waals surface area contributed by atoms with Gasteiger partial charge >= 0.3 is 0 Å². The number of amides is 1. The Morgan fingerprint density at radius 2 is 2.23 bits per heavy atom. The van der Waals surface area contributed by atoms with E-state index in [-0.39, 0.29) is 18.6 Å². The van der Waals surface area contributed by atoms with Crippen molar-refractivity contribution in [3.05, 3.63) is 30.1 Å². The number of pyridine rings is 1. The quantitative estimate of drug-likeness (QED) is 0.671. The normalized spacial score (nSPS) is 22.5. The van der Waals surface area contributed by atoms with Gasteiger partial charge in [0, 0.05) is 18.9 Å². The molecule has 1 atom stereocenters. The van der Waals surface area contributed by atoms with E-state index in [9.17, 15) is 4.79 Å². The van der Waals surface area contributed by atoms with Crippen LogP contribution in [0.1, 0.15) is 11.7 Å². The van der Waals surface area contributed by atoms with Gasteiger partial charge in [0.05, 0.1) is 0 Å². The summed E-state index contributed by atoms with van der Waals surface area (Å²) < 4.78 is 5.34. The molecular weight excluding hydrogens is 168 g/mol. The number of rotatable bonds is 1. The van der Waals surface area contributed by atoms with Crippen molar-refractivity contribution in [1.82, 2.24) is 10.3 Å². The van der Waals surface area contributed by atoms with Gasteiger partial charge in [-0.2, -0.15) is 0 Å². The van der Waals surface area contributed by atoms with E-state index >= 15 is 0 Å². The lowest BCUT2D eigenvalue weighted by Gasteiger charge is -2.23. The maximum Gasteiger partial charge on any atom is 0.246 e. The van der Waals surface area contributed by atoms with Crippen molar-refractivity contribution in [2.75, 3.05) is 13.2 Å². The van der Waals surface area contributed by atoms with Gasteiger partial charge in [0.1, 0.15) is 12.7 Å². The predicted octanol–water partition coefficient (Wildman–Crippen LogP) is 0.269. The zero-order valence-electron chi connectivity index (χ0n) is 7.06. The molecule has 1 aromatic heterocycles. The molecule has 1 unspecified atom stereocenters. The van der Waals surface area contributed by atoms with Crippen LogP contribution in [0.3, 0.4) is 0 Å². The van der Waals surface area contributed by atoms with Crippen LogP contribution in [0.2, 0.25) is 0 Å². The summed E-state index contributed by atoms with van der Waals surface area (Å²) >= 11 is 0. The Morgan fingerprint density at radius 1 is 1.46 bits per heavy atom. The second-order valence-electron chi connectivity index (χ2n) is 2.88. The minimum Gasteiger partial charge on any atom is -0.362 e. The van der Waals surface area contributed by atoms with E-state index in [1.54, 1.807) is 12.4 Å². The zero-order valence-corrected chi connectivity index (χ0v) is 7.06. The Kier molecular flexibility index (Phi) is 2.23. The van der Waals surface area contributed by atoms with Gasteiger partial charge in [-0.15, -0.1) is 0 Å². The summed E-state index contributed by atoms with van der Waals surface area (Å²) in [6.45, 7) is 0.690. The summed E-state index contributed by atoms with van der Waals surface area (Å²) in [5.41, 5.74) is 1.05. The van der Waals surface area contributed by atoms with Gasteiger partial charge in [-0.05, 0) is 17.7 Å². The molecule has 1 N–H and O–H groups in total. The molecule has 4 nitrogen and oxygen atoms in total. The van der Waals surface area contributed by atoms with Crippen LogP contribution in [0.5, 0.6) is 0 Å². The van der Waals surface area contributed by atoms with Crippen molar-refractivity contribution in [2.45, 2.75) is 6.10 Å². The average Bonchev–Trinajstić information content (AvgIpc) is 2.20. The van der Waals surface area contributed by atoms with E-state index < -0.39 is 0 Å². The van der Waals surface area contributed by atoms with Gasteiger partial charge in [0.15, 0.2) is 0 Å². The number of hydrogen-bond donors (Lipinski definition) is 1. The number of nitrogens with one attached hydrogen (secondary N) is 1. The van der Waals surface area contributed by atoms with Crippen LogP contribution in [-0.2, 0) is 9.53 Å². The Balaban J connectivity index is 2.07. The highest BCUT2D eigenvalue weighted by Gasteiger charge is 2.19. The molecule has 2 rings (SSSR count). The van der Waals surface area contributed by atoms with Crippen molar-refractivity contribution >= 4 is 5.91 Å². The van der Waals surface area contributed by atoms with Gasteiger partial charge in [-0.25, -0.2) is 0 Å². The molecule has 1 amide bonds. The van der Waals surface area contributed by atoms with Crippen LogP contribution < -0.4 is 5.32 Å². The number of morpholine rings is 1. The molecule has 0 bridgehead atoms. The van der Waals surface area contributed by atoms with E-state index in [0.29, 0.717) is 6.54 Å². The van der Waals surface area contributed by atoms with Crippen LogP contribution in [0.4, 0.5) is 0 Å². The summed E-state index contributed by atoms with van der Waals surface area (Å²) in [6.07, 6.45) is 3.41. The van der Waals surface area contributed by atoms with Crippen LogP contribution in [-0.4, -0.2) is 24.0 Å². The third-order valence-corrected chi connectivity index (χ3v) is 1.98. The first-order valence-corrected chi connectivity index (χ1v) is 4.14. The van der Waals surface area contributed by atoms with E-state index in [1.807, 2.05) is 12.1 Å². The van der Waals surface area contributed by atoms with Crippen LogP contribution in [0.15, 0.2) is 24.5 Å². The van der Waals surface area contributed by atoms with Crippen molar-refractivity contribution in [1.29, 1.82) is 0 Å². The standard InChI is InChI=1S/C9H10N2O2/c12-9-6-13-8(5-11-9)7-1-3-10-4-2-7/h1-4,8H,5-6H2,(H,11,12). The van der Waals surface area contributed by atoms with Crippen LogP contribution in [0, 0.1) is 0 Å². The number of hydrogen-bond acceptors (Lipinski definition) is 3. The minimum absolute atomic E-state index is 0.0271. The van der Waals surface area contributed by atoms with E-state index in [2.05, 4.69) is 10.3 Å². The highest BCUT2D eigenvalue weighted by Crippen LogP contribution is 2.17. The lowest BCUT2D eigenvalue weighted by Crippen LogP contribution is -2.38. The summed E-state index contributed by atoms with van der Waals surface area (Å²) in [6, 6.07) is 3.78. The third kappa shape index (κ3) is 1.84. The largest absolute Gasteiger partial charge is 0.362 e. The molecule has 0 saturated carbocycles. The molecule has 0 radical (unpaired) electrons. The first kappa shape index (κ1) is 8.19. The molecule has 0 spiro atoms. The van der Waals surface area contributed by atoms with Crippen molar-refractivity contribution in [3.63, 3.8) is 0 Å². The van der Waals surface area contributed by atoms with E-state index in [4.69, 9.17) is 4.74 Å². The lowest BCUT2D eigenvalue weighted by atomic mass is 10.1. The molecule has 2 heterocycles. The van der Waals surface area contributed by atoms with Gasteiger partial charge < -0.3 is 10.1 Å². The number of nitrogens with zero attached hydrogens (tertiary/aromatic N) is 1. The molecule has 1 saturated heterocycles. The fraction of sp³-hybridized carbons (Fsp3) is 0.333. The molecule has 0 aliphatic carbocycles. The second kappa shape index (κ2) is 3.53. The first-order chi connectivity index (χ1) is 6.36. The van der Waals surface area contributed by atoms with Gasteiger partial charge in [0.2, 0.25) is 5.91 Å². The molecule has 13 heavy (non-hydrogen) atoms. The van der Waals surface area contributed by atoms with Crippen LogP contribution >= 0.6 is 0 Å². The van der Waals surface area contributed by atoms with Gasteiger partial charge in [-0.3, -0.25) is 9.78 Å². The molecule has 4 heteroatoms. The summed E-state index contributed by atoms with van der Waals surface area (Å²) in [4.78, 5) is 14.7. The fourth-order valence-electron chi connectivity index (χ4n) is 1.28. The van der Waals surface area contributed by atoms with E-state index in [1.165, 1.54) is 0 Å². The maximum atomic E-state index is 10.8. The first-order valence-electron chi connectivity index (χ1n) is 4.14. The monoisotopic (exact) mass is 178 g/mol. The molecule has 1 fully saturated rings. The Hall–Kier alpha value is -1.42. The van der Waals surface area contributed by atoms with Crippen LogP contribution in [0.25, 0.3) is 0 Å². The summed E-state index contributed by atoms with van der Waals surface area (Å²) in [5.74, 6) is -0.0506. The van der Waals surface area contributed by atoms with Crippen molar-refractivity contribution < 1.29 is 9.53 Å². The van der Waals surface area contributed by atoms with Gasteiger partial charge in [-0.1, -0.05) is 0 Å². The Labute approximate surface area is 75.9 Å². The SMILES string of the molecule is O=C1COC(c2ccncc2)CN1. The summed E-state index contributed by atoms with van der Waals surface area (Å²) in [7, 11) is 0. The predicted molar refractivity (Wildman–Crippen MR) is 45.9 cm³/mol. The third-order valence-electron chi connectivity index (χ3n) is 1.98. The maximum absolute atomic E-state index is 10.8. The Morgan fingerprint density at radius 3 is 2.85 bits per heavy atom. The molecule has 1 aliphatic rings. The lowest BCUT2D eigenvalue weighted by molar-refractivity contribution is -0.133. The smallest absolute Gasteiger partial charge is 0.246 e. The second-order valence-corrected chi connectivity index (χ2v) is 2.88. The molecule has 1 aliphatic heterocycles. The number of carbonyl (C=O) groups excluding carboxylic acids is 1. The number of aromatic nitrogens is 1. The molecule has 0 aromatic carbocycles. The highest BCUT2D eigenvalue weighted by atomic mass is 16.5. The van der Waals surface area contributed by atoms with E-state index in [0.717, 1.165) is 5.56 Å². The number of carbonyl (C=O) groups is 1.